The molecular formula is C12H14N4OS. The molecule has 0 bridgehead atoms. The predicted molar refractivity (Wildman–Crippen MR) is 71.1 cm³/mol. The van der Waals surface area contributed by atoms with E-state index < -0.39 is 0 Å². The molecule has 1 aromatic heterocycles. The fraction of sp³-hybridized carbons (Fsp3) is 0.250. The van der Waals surface area contributed by atoms with Crippen LogP contribution in [0.5, 0.6) is 0 Å². The zero-order valence-corrected chi connectivity index (χ0v) is 11.0. The average Bonchev–Trinajstić information content (AvgIpc) is 2.78. The number of carbonyl (C=O) groups is 1. The van der Waals surface area contributed by atoms with Gasteiger partial charge in [-0.2, -0.15) is 0 Å². The Morgan fingerprint density at radius 1 is 1.39 bits per heavy atom. The van der Waals surface area contributed by atoms with Gasteiger partial charge in [0.1, 0.15) is 0 Å². The van der Waals surface area contributed by atoms with Gasteiger partial charge >= 0.3 is 0 Å². The Kier molecular flexibility index (Phi) is 3.66. The first-order chi connectivity index (χ1) is 8.56. The van der Waals surface area contributed by atoms with E-state index in [-0.39, 0.29) is 11.2 Å². The molecule has 18 heavy (non-hydrogen) atoms. The zero-order chi connectivity index (χ0) is 13.1. The third-order valence-corrected chi connectivity index (χ3v) is 3.45. The number of primary amides is 1. The van der Waals surface area contributed by atoms with Crippen molar-refractivity contribution in [3.8, 4) is 11.4 Å². The first kappa shape index (κ1) is 12.6. The lowest BCUT2D eigenvalue weighted by molar-refractivity contribution is -0.117. The molecule has 5 nitrogen and oxygen atoms in total. The van der Waals surface area contributed by atoms with Gasteiger partial charge in [-0.25, -0.2) is 4.98 Å². The van der Waals surface area contributed by atoms with Gasteiger partial charge in [0.15, 0.2) is 5.82 Å². The molecule has 0 unspecified atom stereocenters. The minimum atomic E-state index is -0.373. The van der Waals surface area contributed by atoms with Crippen molar-refractivity contribution in [1.29, 1.82) is 0 Å². The van der Waals surface area contributed by atoms with E-state index in [0.717, 1.165) is 5.56 Å². The predicted octanol–water partition coefficient (Wildman–Crippen LogP) is 1.75. The Hall–Kier alpha value is -1.82. The zero-order valence-electron chi connectivity index (χ0n) is 10.2. The molecule has 0 saturated carbocycles. The Labute approximate surface area is 109 Å². The summed E-state index contributed by atoms with van der Waals surface area (Å²) in [6, 6.07) is 7.97. The SMILES string of the molecule is Cc1ccc(-c2nc(S[C@H](C)C(N)=O)n[nH]2)cc1. The van der Waals surface area contributed by atoms with Crippen molar-refractivity contribution in [3.05, 3.63) is 29.8 Å². The molecular weight excluding hydrogens is 248 g/mol. The lowest BCUT2D eigenvalue weighted by atomic mass is 10.1. The van der Waals surface area contributed by atoms with Crippen molar-refractivity contribution in [2.75, 3.05) is 0 Å². The van der Waals surface area contributed by atoms with Crippen molar-refractivity contribution in [2.24, 2.45) is 5.73 Å². The number of hydrogen-bond acceptors (Lipinski definition) is 4. The monoisotopic (exact) mass is 262 g/mol. The van der Waals surface area contributed by atoms with Crippen molar-refractivity contribution < 1.29 is 4.79 Å². The van der Waals surface area contributed by atoms with Crippen molar-refractivity contribution in [1.82, 2.24) is 15.2 Å². The molecule has 6 heteroatoms. The minimum absolute atomic E-state index is 0.341. The summed E-state index contributed by atoms with van der Waals surface area (Å²) in [6.07, 6.45) is 0. The normalized spacial score (nSPS) is 12.3. The summed E-state index contributed by atoms with van der Waals surface area (Å²) in [4.78, 5) is 15.3. The van der Waals surface area contributed by atoms with Crippen LogP contribution < -0.4 is 5.73 Å². The number of thioether (sulfide) groups is 1. The second kappa shape index (κ2) is 5.22. The van der Waals surface area contributed by atoms with E-state index in [1.165, 1.54) is 17.3 Å². The van der Waals surface area contributed by atoms with Gasteiger partial charge in [-0.15, -0.1) is 5.10 Å². The number of nitrogens with zero attached hydrogens (tertiary/aromatic N) is 2. The highest BCUT2D eigenvalue weighted by molar-refractivity contribution is 8.00. The highest BCUT2D eigenvalue weighted by Gasteiger charge is 2.14. The fourth-order valence-electron chi connectivity index (χ4n) is 1.36. The largest absolute Gasteiger partial charge is 0.369 e. The first-order valence-electron chi connectivity index (χ1n) is 5.51. The Morgan fingerprint density at radius 2 is 2.06 bits per heavy atom. The smallest absolute Gasteiger partial charge is 0.230 e. The summed E-state index contributed by atoms with van der Waals surface area (Å²) in [7, 11) is 0. The molecule has 0 aliphatic rings. The number of nitrogens with one attached hydrogen (secondary N) is 1. The molecule has 0 aliphatic heterocycles. The van der Waals surface area contributed by atoms with Crippen molar-refractivity contribution in [3.63, 3.8) is 0 Å². The lowest BCUT2D eigenvalue weighted by Crippen LogP contribution is -2.22. The standard InChI is InChI=1S/C12H14N4OS/c1-7-3-5-9(6-4-7)11-14-12(16-15-11)18-8(2)10(13)17/h3-6,8H,1-2H3,(H2,13,17)(H,14,15,16)/t8-/m1/s1. The van der Waals surface area contributed by atoms with Crippen molar-refractivity contribution in [2.45, 2.75) is 24.3 Å². The Morgan fingerprint density at radius 3 is 2.67 bits per heavy atom. The van der Waals surface area contributed by atoms with Crippen LogP contribution in [-0.2, 0) is 4.79 Å². The number of H-pyrrole nitrogens is 1. The van der Waals surface area contributed by atoms with Crippen LogP contribution in [0.2, 0.25) is 0 Å². The summed E-state index contributed by atoms with van der Waals surface area (Å²) >= 11 is 1.24. The number of amides is 1. The third-order valence-electron chi connectivity index (χ3n) is 2.47. The van der Waals surface area contributed by atoms with E-state index in [1.807, 2.05) is 31.2 Å². The number of benzene rings is 1. The van der Waals surface area contributed by atoms with Gasteiger partial charge in [0.25, 0.3) is 0 Å². The van der Waals surface area contributed by atoms with Crippen LogP contribution in [0.25, 0.3) is 11.4 Å². The van der Waals surface area contributed by atoms with Crippen LogP contribution in [0.4, 0.5) is 0 Å². The van der Waals surface area contributed by atoms with E-state index in [9.17, 15) is 4.79 Å². The van der Waals surface area contributed by atoms with Gasteiger partial charge in [-0.05, 0) is 13.8 Å². The summed E-state index contributed by atoms with van der Waals surface area (Å²) in [6.45, 7) is 3.76. The average molecular weight is 262 g/mol. The molecule has 0 spiro atoms. The van der Waals surface area contributed by atoms with Gasteiger partial charge < -0.3 is 5.73 Å². The summed E-state index contributed by atoms with van der Waals surface area (Å²) in [5.41, 5.74) is 7.35. The van der Waals surface area contributed by atoms with E-state index >= 15 is 0 Å². The van der Waals surface area contributed by atoms with Crippen LogP contribution in [-0.4, -0.2) is 26.3 Å². The number of nitrogens with two attached hydrogens (primary N) is 1. The Balaban J connectivity index is 2.15. The lowest BCUT2D eigenvalue weighted by Gasteiger charge is -2.01. The molecule has 2 aromatic rings. The maximum absolute atomic E-state index is 11.0. The molecule has 1 aromatic carbocycles. The first-order valence-corrected chi connectivity index (χ1v) is 6.39. The molecule has 0 aliphatic carbocycles. The molecule has 1 atom stereocenters. The van der Waals surface area contributed by atoms with E-state index in [4.69, 9.17) is 5.73 Å². The van der Waals surface area contributed by atoms with Crippen molar-refractivity contribution >= 4 is 17.7 Å². The van der Waals surface area contributed by atoms with Crippen LogP contribution in [0.15, 0.2) is 29.4 Å². The number of aryl methyl sites for hydroxylation is 1. The Bertz CT molecular complexity index is 549. The number of aromatic amines is 1. The van der Waals surface area contributed by atoms with Gasteiger partial charge in [0.05, 0.1) is 5.25 Å². The van der Waals surface area contributed by atoms with Gasteiger partial charge in [-0.1, -0.05) is 41.6 Å². The molecule has 2 rings (SSSR count). The quantitative estimate of drug-likeness (QED) is 0.822. The summed E-state index contributed by atoms with van der Waals surface area (Å²) in [5.74, 6) is 0.316. The summed E-state index contributed by atoms with van der Waals surface area (Å²) in [5, 5.41) is 7.09. The highest BCUT2D eigenvalue weighted by Crippen LogP contribution is 2.22. The molecule has 94 valence electrons. The van der Waals surface area contributed by atoms with E-state index in [2.05, 4.69) is 15.2 Å². The maximum atomic E-state index is 11.0. The van der Waals surface area contributed by atoms with Crippen LogP contribution in [0, 0.1) is 6.92 Å². The number of rotatable bonds is 4. The van der Waals surface area contributed by atoms with Crippen LogP contribution >= 0.6 is 11.8 Å². The minimum Gasteiger partial charge on any atom is -0.369 e. The molecule has 1 heterocycles. The van der Waals surface area contributed by atoms with Gasteiger partial charge in [0.2, 0.25) is 11.1 Å². The van der Waals surface area contributed by atoms with E-state index in [1.54, 1.807) is 6.92 Å². The topological polar surface area (TPSA) is 84.7 Å². The molecule has 0 fully saturated rings. The fourth-order valence-corrected chi connectivity index (χ4v) is 2.03. The molecule has 3 N–H and O–H groups in total. The maximum Gasteiger partial charge on any atom is 0.230 e. The summed E-state index contributed by atoms with van der Waals surface area (Å²) < 4.78 is 0. The second-order valence-corrected chi connectivity index (χ2v) is 5.30. The second-order valence-electron chi connectivity index (χ2n) is 4.00. The molecule has 0 saturated heterocycles. The van der Waals surface area contributed by atoms with E-state index in [0.29, 0.717) is 11.0 Å². The molecule has 1 amide bonds. The van der Waals surface area contributed by atoms with Crippen LogP contribution in [0.3, 0.4) is 0 Å². The van der Waals surface area contributed by atoms with Gasteiger partial charge in [0, 0.05) is 5.56 Å². The number of aromatic nitrogens is 3. The number of hydrogen-bond donors (Lipinski definition) is 2. The van der Waals surface area contributed by atoms with Crippen LogP contribution in [0.1, 0.15) is 12.5 Å². The molecule has 0 radical (unpaired) electrons. The third kappa shape index (κ3) is 2.89. The van der Waals surface area contributed by atoms with Gasteiger partial charge in [-0.3, -0.25) is 9.89 Å². The number of carbonyl (C=O) groups excluding carboxylic acids is 1. The highest BCUT2D eigenvalue weighted by atomic mass is 32.2.